The van der Waals surface area contributed by atoms with Gasteiger partial charge in [0.15, 0.2) is 0 Å². The largest absolute Gasteiger partial charge is 0.481 e. The van der Waals surface area contributed by atoms with Crippen molar-refractivity contribution in [3.05, 3.63) is 65.7 Å². The summed E-state index contributed by atoms with van der Waals surface area (Å²) in [6.07, 6.45) is 6.23. The summed E-state index contributed by atoms with van der Waals surface area (Å²) < 4.78 is 3.18. The van der Waals surface area contributed by atoms with Crippen LogP contribution in [0.15, 0.2) is 49.1 Å². The van der Waals surface area contributed by atoms with Gasteiger partial charge in [0.2, 0.25) is 0 Å². The number of benzene rings is 1. The molecule has 1 amide bonds. The highest BCUT2D eigenvalue weighted by atomic mass is 16.4. The van der Waals surface area contributed by atoms with E-state index < -0.39 is 5.97 Å². The van der Waals surface area contributed by atoms with Gasteiger partial charge in [-0.2, -0.15) is 10.2 Å². The number of carboxylic acid groups (broad SMARTS) is 1. The number of aliphatic carboxylic acids is 1. The number of nitrogens with zero attached hydrogens (tertiary/aromatic N) is 4. The van der Waals surface area contributed by atoms with Gasteiger partial charge in [0.25, 0.3) is 5.91 Å². The third-order valence-electron chi connectivity index (χ3n) is 3.81. The number of carbonyl (C=O) groups is 2. The summed E-state index contributed by atoms with van der Waals surface area (Å²) in [5.41, 5.74) is 3.27. The van der Waals surface area contributed by atoms with Gasteiger partial charge in [0, 0.05) is 12.4 Å². The number of aryl methyl sites for hydroxylation is 2. The summed E-state index contributed by atoms with van der Waals surface area (Å²) in [5.74, 6) is -1.23. The number of amides is 1. The van der Waals surface area contributed by atoms with E-state index in [1.54, 1.807) is 17.1 Å². The monoisotopic (exact) mass is 353 g/mol. The highest BCUT2D eigenvalue weighted by Gasteiger charge is 2.11. The van der Waals surface area contributed by atoms with Crippen molar-refractivity contribution in [1.29, 1.82) is 0 Å². The van der Waals surface area contributed by atoms with Gasteiger partial charge in [0.05, 0.1) is 43.2 Å². The SMILES string of the molecule is Cc1ccc(Cn2cc(NC(=O)c3cnn(CCC(=O)O)c3)cn2)cc1. The lowest BCUT2D eigenvalue weighted by atomic mass is 10.1. The zero-order valence-electron chi connectivity index (χ0n) is 14.3. The lowest BCUT2D eigenvalue weighted by Crippen LogP contribution is -2.11. The molecule has 0 spiro atoms. The van der Waals surface area contributed by atoms with Crippen LogP contribution in [0.2, 0.25) is 0 Å². The number of carbonyl (C=O) groups excluding carboxylic acids is 1. The van der Waals surface area contributed by atoms with E-state index in [1.807, 2.05) is 31.2 Å². The summed E-state index contributed by atoms with van der Waals surface area (Å²) in [4.78, 5) is 22.8. The van der Waals surface area contributed by atoms with Gasteiger partial charge in [0.1, 0.15) is 0 Å². The molecule has 0 bridgehead atoms. The Kier molecular flexibility index (Phi) is 5.12. The number of hydrogen-bond acceptors (Lipinski definition) is 4. The zero-order chi connectivity index (χ0) is 18.5. The number of carboxylic acids is 1. The van der Waals surface area contributed by atoms with Crippen LogP contribution < -0.4 is 5.32 Å². The molecule has 0 aliphatic heterocycles. The zero-order valence-corrected chi connectivity index (χ0v) is 14.3. The molecule has 0 aliphatic carbocycles. The topological polar surface area (TPSA) is 102 Å². The van der Waals surface area contributed by atoms with Crippen LogP contribution in [0.25, 0.3) is 0 Å². The van der Waals surface area contributed by atoms with Crippen molar-refractivity contribution in [2.45, 2.75) is 26.4 Å². The van der Waals surface area contributed by atoms with Crippen molar-refractivity contribution in [3.63, 3.8) is 0 Å². The van der Waals surface area contributed by atoms with Crippen molar-refractivity contribution < 1.29 is 14.7 Å². The van der Waals surface area contributed by atoms with E-state index in [-0.39, 0.29) is 18.9 Å². The van der Waals surface area contributed by atoms with Crippen molar-refractivity contribution in [2.75, 3.05) is 5.32 Å². The first-order valence-corrected chi connectivity index (χ1v) is 8.13. The van der Waals surface area contributed by atoms with Crippen LogP contribution >= 0.6 is 0 Å². The summed E-state index contributed by atoms with van der Waals surface area (Å²) in [6, 6.07) is 8.18. The predicted molar refractivity (Wildman–Crippen MR) is 94.9 cm³/mol. The second-order valence-electron chi connectivity index (χ2n) is 6.00. The minimum atomic E-state index is -0.910. The second kappa shape index (κ2) is 7.64. The molecule has 0 aliphatic rings. The van der Waals surface area contributed by atoms with Gasteiger partial charge < -0.3 is 10.4 Å². The van der Waals surface area contributed by atoms with E-state index >= 15 is 0 Å². The van der Waals surface area contributed by atoms with Gasteiger partial charge in [-0.3, -0.25) is 19.0 Å². The Bertz CT molecular complexity index is 911. The summed E-state index contributed by atoms with van der Waals surface area (Å²) >= 11 is 0. The average molecular weight is 353 g/mol. The Morgan fingerprint density at radius 1 is 1.08 bits per heavy atom. The molecule has 26 heavy (non-hydrogen) atoms. The molecule has 0 saturated heterocycles. The van der Waals surface area contributed by atoms with Crippen molar-refractivity contribution in [1.82, 2.24) is 19.6 Å². The van der Waals surface area contributed by atoms with E-state index in [0.29, 0.717) is 17.8 Å². The molecule has 2 N–H and O–H groups in total. The smallest absolute Gasteiger partial charge is 0.305 e. The maximum atomic E-state index is 12.3. The molecule has 1 aromatic carbocycles. The molecule has 134 valence electrons. The maximum absolute atomic E-state index is 12.3. The first-order valence-electron chi connectivity index (χ1n) is 8.13. The summed E-state index contributed by atoms with van der Waals surface area (Å²) in [6.45, 7) is 2.87. The molecule has 0 unspecified atom stereocenters. The van der Waals surface area contributed by atoms with Gasteiger partial charge in [-0.1, -0.05) is 29.8 Å². The first kappa shape index (κ1) is 17.4. The normalized spacial score (nSPS) is 10.7. The quantitative estimate of drug-likeness (QED) is 0.678. The molecule has 3 aromatic rings. The highest BCUT2D eigenvalue weighted by molar-refractivity contribution is 6.03. The fourth-order valence-electron chi connectivity index (χ4n) is 2.41. The Morgan fingerprint density at radius 3 is 2.54 bits per heavy atom. The molecule has 0 atom stereocenters. The fourth-order valence-corrected chi connectivity index (χ4v) is 2.41. The molecule has 8 heteroatoms. The molecule has 3 rings (SSSR count). The maximum Gasteiger partial charge on any atom is 0.305 e. The molecule has 0 radical (unpaired) electrons. The van der Waals surface area contributed by atoms with E-state index in [2.05, 4.69) is 15.5 Å². The van der Waals surface area contributed by atoms with E-state index in [4.69, 9.17) is 5.11 Å². The molecule has 8 nitrogen and oxygen atoms in total. The van der Waals surface area contributed by atoms with Gasteiger partial charge in [-0.15, -0.1) is 0 Å². The predicted octanol–water partition coefficient (Wildman–Crippen LogP) is 2.16. The standard InChI is InChI=1S/C18H19N5O3/c1-13-2-4-14(5-3-13)10-23-12-16(9-20-23)21-18(26)15-8-19-22(11-15)7-6-17(24)25/h2-5,8-9,11-12H,6-7,10H2,1H3,(H,21,26)(H,24,25). The van der Waals surface area contributed by atoms with Crippen LogP contribution in [0, 0.1) is 6.92 Å². The van der Waals surface area contributed by atoms with Crippen molar-refractivity contribution in [3.8, 4) is 0 Å². The second-order valence-corrected chi connectivity index (χ2v) is 6.00. The Labute approximate surface area is 150 Å². The van der Waals surface area contributed by atoms with E-state index in [1.165, 1.54) is 22.6 Å². The highest BCUT2D eigenvalue weighted by Crippen LogP contribution is 2.11. The van der Waals surface area contributed by atoms with Crippen LogP contribution in [0.3, 0.4) is 0 Å². The van der Waals surface area contributed by atoms with Gasteiger partial charge in [-0.05, 0) is 12.5 Å². The lowest BCUT2D eigenvalue weighted by Gasteiger charge is -2.02. The van der Waals surface area contributed by atoms with Gasteiger partial charge in [-0.25, -0.2) is 0 Å². The Morgan fingerprint density at radius 2 is 1.81 bits per heavy atom. The Balaban J connectivity index is 1.59. The average Bonchev–Trinajstić information content (AvgIpc) is 3.24. The lowest BCUT2D eigenvalue weighted by molar-refractivity contribution is -0.137. The molecule has 2 heterocycles. The van der Waals surface area contributed by atoms with Crippen LogP contribution in [0.4, 0.5) is 5.69 Å². The molecule has 0 fully saturated rings. The van der Waals surface area contributed by atoms with Gasteiger partial charge >= 0.3 is 5.97 Å². The van der Waals surface area contributed by atoms with Crippen LogP contribution in [-0.4, -0.2) is 36.5 Å². The van der Waals surface area contributed by atoms with Crippen LogP contribution in [-0.2, 0) is 17.9 Å². The third-order valence-corrected chi connectivity index (χ3v) is 3.81. The molecule has 0 saturated carbocycles. The van der Waals surface area contributed by atoms with Crippen LogP contribution in [0.1, 0.15) is 27.9 Å². The number of nitrogens with one attached hydrogen (secondary N) is 1. The number of rotatable bonds is 7. The third kappa shape index (κ3) is 4.56. The Hall–Kier alpha value is -3.42. The number of anilines is 1. The number of hydrogen-bond donors (Lipinski definition) is 2. The first-order chi connectivity index (χ1) is 12.5. The van der Waals surface area contributed by atoms with Crippen molar-refractivity contribution in [2.24, 2.45) is 0 Å². The summed E-state index contributed by atoms with van der Waals surface area (Å²) in [7, 11) is 0. The minimum Gasteiger partial charge on any atom is -0.481 e. The van der Waals surface area contributed by atoms with Crippen molar-refractivity contribution >= 4 is 17.6 Å². The summed E-state index contributed by atoms with van der Waals surface area (Å²) in [5, 5.41) is 19.7. The van der Waals surface area contributed by atoms with Crippen LogP contribution in [0.5, 0.6) is 0 Å². The fraction of sp³-hybridized carbons (Fsp3) is 0.222. The molecule has 2 aromatic heterocycles. The van der Waals surface area contributed by atoms with E-state index in [0.717, 1.165) is 5.56 Å². The molecular weight excluding hydrogens is 334 g/mol. The minimum absolute atomic E-state index is 0.0471. The molecular formula is C18H19N5O3. The number of aromatic nitrogens is 4. The van der Waals surface area contributed by atoms with E-state index in [9.17, 15) is 9.59 Å².